The summed E-state index contributed by atoms with van der Waals surface area (Å²) < 4.78 is 5.24. The van der Waals surface area contributed by atoms with Crippen molar-refractivity contribution in [1.82, 2.24) is 15.6 Å². The van der Waals surface area contributed by atoms with Crippen molar-refractivity contribution in [3.05, 3.63) is 16.1 Å². The van der Waals surface area contributed by atoms with Gasteiger partial charge in [0.25, 0.3) is 0 Å². The number of nitrogens with zero attached hydrogens (tertiary/aromatic N) is 2. The standard InChI is InChI=1S/C13H22N4OS.HI/c1-10-17-11(6-19-10)4-5-15-12(14-3)16-7-13(2)8-18-9-13;/h6H,4-5,7-9H2,1-3H3,(H2,14,15,16);1H. The van der Waals surface area contributed by atoms with Crippen LogP contribution in [-0.4, -0.2) is 44.3 Å². The fourth-order valence-electron chi connectivity index (χ4n) is 1.90. The molecular weight excluding hydrogens is 387 g/mol. The van der Waals surface area contributed by atoms with Crippen LogP contribution < -0.4 is 10.6 Å². The monoisotopic (exact) mass is 410 g/mol. The van der Waals surface area contributed by atoms with E-state index in [0.717, 1.165) is 49.4 Å². The van der Waals surface area contributed by atoms with E-state index in [4.69, 9.17) is 4.74 Å². The molecule has 1 saturated heterocycles. The number of hydrogen-bond acceptors (Lipinski definition) is 4. The first-order valence-electron chi connectivity index (χ1n) is 6.55. The van der Waals surface area contributed by atoms with Gasteiger partial charge in [-0.1, -0.05) is 6.92 Å². The number of hydrogen-bond donors (Lipinski definition) is 2. The molecule has 1 fully saturated rings. The second-order valence-corrected chi connectivity index (χ2v) is 6.33. The van der Waals surface area contributed by atoms with Crippen molar-refractivity contribution >= 4 is 41.3 Å². The highest BCUT2D eigenvalue weighted by Gasteiger charge is 2.33. The molecule has 20 heavy (non-hydrogen) atoms. The first-order valence-corrected chi connectivity index (χ1v) is 7.42. The Bertz CT molecular complexity index is 445. The van der Waals surface area contributed by atoms with Gasteiger partial charge in [-0.3, -0.25) is 4.99 Å². The first-order chi connectivity index (χ1) is 9.11. The summed E-state index contributed by atoms with van der Waals surface area (Å²) in [5.74, 6) is 0.847. The van der Waals surface area contributed by atoms with Gasteiger partial charge in [-0.05, 0) is 6.92 Å². The largest absolute Gasteiger partial charge is 0.380 e. The minimum Gasteiger partial charge on any atom is -0.380 e. The maximum atomic E-state index is 5.24. The highest BCUT2D eigenvalue weighted by molar-refractivity contribution is 14.0. The average Bonchev–Trinajstić information content (AvgIpc) is 2.77. The van der Waals surface area contributed by atoms with Crippen LogP contribution in [0.2, 0.25) is 0 Å². The molecule has 0 aliphatic carbocycles. The molecule has 0 radical (unpaired) electrons. The second kappa shape index (κ2) is 8.14. The highest BCUT2D eigenvalue weighted by Crippen LogP contribution is 2.24. The molecule has 0 atom stereocenters. The van der Waals surface area contributed by atoms with E-state index in [9.17, 15) is 0 Å². The maximum absolute atomic E-state index is 5.24. The number of nitrogens with one attached hydrogen (secondary N) is 2. The van der Waals surface area contributed by atoms with E-state index in [-0.39, 0.29) is 29.4 Å². The second-order valence-electron chi connectivity index (χ2n) is 5.26. The van der Waals surface area contributed by atoms with Gasteiger partial charge in [0.05, 0.1) is 23.9 Å². The number of thiazole rings is 1. The number of halogens is 1. The molecule has 0 aromatic carbocycles. The molecule has 2 N–H and O–H groups in total. The molecule has 0 spiro atoms. The van der Waals surface area contributed by atoms with Crippen LogP contribution >= 0.6 is 35.3 Å². The minimum absolute atomic E-state index is 0. The normalized spacial score (nSPS) is 17.1. The third-order valence-electron chi connectivity index (χ3n) is 3.15. The summed E-state index contributed by atoms with van der Waals surface area (Å²) in [4.78, 5) is 8.66. The summed E-state index contributed by atoms with van der Waals surface area (Å²) in [5, 5.41) is 9.89. The van der Waals surface area contributed by atoms with Gasteiger partial charge < -0.3 is 15.4 Å². The summed E-state index contributed by atoms with van der Waals surface area (Å²) in [6.07, 6.45) is 0.922. The van der Waals surface area contributed by atoms with Gasteiger partial charge >= 0.3 is 0 Å². The number of aromatic nitrogens is 1. The quantitative estimate of drug-likeness (QED) is 0.442. The minimum atomic E-state index is 0. The zero-order valence-corrected chi connectivity index (χ0v) is 15.4. The molecule has 2 heterocycles. The molecule has 0 unspecified atom stereocenters. The van der Waals surface area contributed by atoms with E-state index in [0.29, 0.717) is 0 Å². The van der Waals surface area contributed by atoms with E-state index in [1.165, 1.54) is 0 Å². The predicted octanol–water partition coefficient (Wildman–Crippen LogP) is 1.81. The maximum Gasteiger partial charge on any atom is 0.191 e. The lowest BCUT2D eigenvalue weighted by Crippen LogP contribution is -2.51. The van der Waals surface area contributed by atoms with Crippen molar-refractivity contribution in [3.63, 3.8) is 0 Å². The molecule has 2 rings (SSSR count). The van der Waals surface area contributed by atoms with Crippen LogP contribution in [0.3, 0.4) is 0 Å². The van der Waals surface area contributed by atoms with Crippen molar-refractivity contribution < 1.29 is 4.74 Å². The van der Waals surface area contributed by atoms with Crippen LogP contribution in [0, 0.1) is 12.3 Å². The number of aryl methyl sites for hydroxylation is 1. The lowest BCUT2D eigenvalue weighted by Gasteiger charge is -2.38. The number of rotatable bonds is 5. The van der Waals surface area contributed by atoms with Crippen LogP contribution in [0.4, 0.5) is 0 Å². The summed E-state index contributed by atoms with van der Waals surface area (Å²) in [6, 6.07) is 0. The van der Waals surface area contributed by atoms with Gasteiger partial charge in [-0.15, -0.1) is 35.3 Å². The third kappa shape index (κ3) is 5.17. The van der Waals surface area contributed by atoms with Gasteiger partial charge in [-0.25, -0.2) is 4.98 Å². The third-order valence-corrected chi connectivity index (χ3v) is 3.97. The molecule has 1 aromatic heterocycles. The Balaban J connectivity index is 0.00000200. The Morgan fingerprint density at radius 1 is 1.50 bits per heavy atom. The van der Waals surface area contributed by atoms with Gasteiger partial charge in [0, 0.05) is 37.4 Å². The lowest BCUT2D eigenvalue weighted by atomic mass is 9.89. The van der Waals surface area contributed by atoms with Crippen molar-refractivity contribution in [2.45, 2.75) is 20.3 Å². The number of guanidine groups is 1. The van der Waals surface area contributed by atoms with E-state index in [1.807, 2.05) is 6.92 Å². The Kier molecular flexibility index (Phi) is 7.18. The Labute approximate surface area is 141 Å². The van der Waals surface area contributed by atoms with E-state index < -0.39 is 0 Å². The zero-order valence-electron chi connectivity index (χ0n) is 12.2. The topological polar surface area (TPSA) is 58.5 Å². The molecule has 114 valence electrons. The zero-order chi connectivity index (χ0) is 13.7. The summed E-state index contributed by atoms with van der Waals surface area (Å²) in [7, 11) is 1.79. The molecule has 1 aliphatic rings. The molecule has 0 amide bonds. The molecular formula is C13H23IN4OS. The number of aliphatic imine (C=N–C) groups is 1. The van der Waals surface area contributed by atoms with Crippen LogP contribution in [0.5, 0.6) is 0 Å². The van der Waals surface area contributed by atoms with Crippen LogP contribution in [0.1, 0.15) is 17.6 Å². The molecule has 5 nitrogen and oxygen atoms in total. The van der Waals surface area contributed by atoms with Crippen LogP contribution in [0.25, 0.3) is 0 Å². The van der Waals surface area contributed by atoms with Gasteiger partial charge in [0.1, 0.15) is 0 Å². The Hall–Kier alpha value is -0.410. The van der Waals surface area contributed by atoms with Gasteiger partial charge in [0.15, 0.2) is 5.96 Å². The fourth-order valence-corrected chi connectivity index (χ4v) is 2.55. The summed E-state index contributed by atoms with van der Waals surface area (Å²) in [5.41, 5.74) is 1.40. The highest BCUT2D eigenvalue weighted by atomic mass is 127. The lowest BCUT2D eigenvalue weighted by molar-refractivity contribution is -0.0971. The van der Waals surface area contributed by atoms with Crippen molar-refractivity contribution in [1.29, 1.82) is 0 Å². The van der Waals surface area contributed by atoms with Crippen LogP contribution in [-0.2, 0) is 11.2 Å². The smallest absolute Gasteiger partial charge is 0.191 e. The average molecular weight is 410 g/mol. The Morgan fingerprint density at radius 3 is 2.75 bits per heavy atom. The van der Waals surface area contributed by atoms with E-state index in [1.54, 1.807) is 18.4 Å². The molecule has 1 aliphatic heterocycles. The SMILES string of the molecule is CN=C(NCCc1csc(C)n1)NCC1(C)COC1.I. The van der Waals surface area contributed by atoms with E-state index >= 15 is 0 Å². The van der Waals surface area contributed by atoms with Gasteiger partial charge in [-0.2, -0.15) is 0 Å². The Morgan fingerprint density at radius 2 is 2.25 bits per heavy atom. The first kappa shape index (κ1) is 17.6. The van der Waals surface area contributed by atoms with Crippen LogP contribution in [0.15, 0.2) is 10.4 Å². The summed E-state index contributed by atoms with van der Waals surface area (Å²) >= 11 is 1.69. The molecule has 1 aromatic rings. The fraction of sp³-hybridized carbons (Fsp3) is 0.692. The number of ether oxygens (including phenoxy) is 1. The van der Waals surface area contributed by atoms with Crippen molar-refractivity contribution in [2.75, 3.05) is 33.4 Å². The van der Waals surface area contributed by atoms with E-state index in [2.05, 4.69) is 32.9 Å². The molecule has 0 saturated carbocycles. The van der Waals surface area contributed by atoms with Crippen molar-refractivity contribution in [3.8, 4) is 0 Å². The van der Waals surface area contributed by atoms with Crippen molar-refractivity contribution in [2.24, 2.45) is 10.4 Å². The van der Waals surface area contributed by atoms with Gasteiger partial charge in [0.2, 0.25) is 0 Å². The molecule has 0 bridgehead atoms. The summed E-state index contributed by atoms with van der Waals surface area (Å²) in [6.45, 7) is 7.64. The molecule has 7 heteroatoms. The predicted molar refractivity (Wildman–Crippen MR) is 94.3 cm³/mol.